The van der Waals surface area contributed by atoms with Crippen molar-refractivity contribution in [1.29, 1.82) is 0 Å². The van der Waals surface area contributed by atoms with Gasteiger partial charge in [-0.2, -0.15) is 0 Å². The van der Waals surface area contributed by atoms with Gasteiger partial charge in [-0.05, 0) is 6.42 Å². The van der Waals surface area contributed by atoms with E-state index in [1.807, 2.05) is 0 Å². The molecule has 0 aliphatic heterocycles. The first kappa shape index (κ1) is 7.44. The normalized spacial score (nSPS) is 14.1. The molecule has 0 fully saturated rings. The maximum Gasteiger partial charge on any atom is 0.147 e. The number of hydrogen-bond acceptors (Lipinski definition) is 0. The summed E-state index contributed by atoms with van der Waals surface area (Å²) in [5.74, 6) is 0. The summed E-state index contributed by atoms with van der Waals surface area (Å²) in [4.78, 5) is 0. The van der Waals surface area contributed by atoms with Crippen molar-refractivity contribution in [3.8, 4) is 0 Å². The molecule has 1 unspecified atom stereocenters. The van der Waals surface area contributed by atoms with Gasteiger partial charge in [0.15, 0.2) is 0 Å². The summed E-state index contributed by atoms with van der Waals surface area (Å²) in [7, 11) is 0. The molecule has 0 spiro atoms. The van der Waals surface area contributed by atoms with E-state index in [4.69, 9.17) is 0 Å². The number of alkyl halides is 1. The van der Waals surface area contributed by atoms with E-state index >= 15 is 0 Å². The van der Waals surface area contributed by atoms with Gasteiger partial charge in [-0.25, -0.2) is 5.11 Å². The Balaban J connectivity index is 2.68. The minimum atomic E-state index is -0.535. The van der Waals surface area contributed by atoms with Crippen molar-refractivity contribution in [2.45, 2.75) is 31.2 Å². The number of unbranched alkanes of at least 4 members (excludes halogenated alkanes) is 1. The molecule has 0 aliphatic carbocycles. The molecule has 0 aromatic carbocycles. The Kier molecular flexibility index (Phi) is 4.88. The van der Waals surface area contributed by atoms with Crippen LogP contribution in [0, 0.1) is 0 Å². The fraction of sp³-hybridized carbons (Fsp3) is 1.00. The highest BCUT2D eigenvalue weighted by Crippen LogP contribution is 2.05. The maximum absolute atomic E-state index is 10.2. The van der Waals surface area contributed by atoms with Crippen molar-refractivity contribution < 1.29 is 5.11 Å². The summed E-state index contributed by atoms with van der Waals surface area (Å²) < 4.78 is 0. The van der Waals surface area contributed by atoms with E-state index < -0.39 is 5.01 Å². The van der Waals surface area contributed by atoms with Gasteiger partial charge in [-0.15, -0.1) is 0 Å². The molecule has 0 N–H and O–H groups in total. The Hall–Kier alpha value is 0.440. The van der Waals surface area contributed by atoms with Gasteiger partial charge in [0.1, 0.15) is 5.01 Å². The van der Waals surface area contributed by atoms with Gasteiger partial charge < -0.3 is 0 Å². The van der Waals surface area contributed by atoms with Crippen LogP contribution >= 0.6 is 15.9 Å². The quantitative estimate of drug-likeness (QED) is 0.573. The largest absolute Gasteiger partial charge is 0.221 e. The van der Waals surface area contributed by atoms with E-state index in [-0.39, 0.29) is 0 Å². The van der Waals surface area contributed by atoms with E-state index in [0.29, 0.717) is 0 Å². The third kappa shape index (κ3) is 6.44. The summed E-state index contributed by atoms with van der Waals surface area (Å²) in [6.07, 6.45) is 2.92. The summed E-state index contributed by atoms with van der Waals surface area (Å²) in [5.41, 5.74) is 0. The molecular weight excluding hydrogens is 156 g/mol. The fourth-order valence-electron chi connectivity index (χ4n) is 0.365. The summed E-state index contributed by atoms with van der Waals surface area (Å²) >= 11 is 2.92. The monoisotopic (exact) mass is 165 g/mol. The topological polar surface area (TPSA) is 19.9 Å². The Morgan fingerprint density at radius 1 is 1.71 bits per heavy atom. The van der Waals surface area contributed by atoms with Crippen molar-refractivity contribution in [3.63, 3.8) is 0 Å². The Morgan fingerprint density at radius 2 is 2.29 bits per heavy atom. The molecule has 0 aromatic heterocycles. The van der Waals surface area contributed by atoms with Crippen LogP contribution in [0.1, 0.15) is 26.2 Å². The zero-order chi connectivity index (χ0) is 5.70. The molecule has 1 radical (unpaired) electrons. The van der Waals surface area contributed by atoms with Crippen LogP contribution in [-0.4, -0.2) is 5.01 Å². The summed E-state index contributed by atoms with van der Waals surface area (Å²) in [6, 6.07) is 0. The molecule has 0 heterocycles. The van der Waals surface area contributed by atoms with Crippen LogP contribution in [-0.2, 0) is 5.11 Å². The molecule has 2 heteroatoms. The van der Waals surface area contributed by atoms with Crippen molar-refractivity contribution >= 4 is 15.9 Å². The molecule has 0 aromatic rings. The van der Waals surface area contributed by atoms with E-state index in [1.165, 1.54) is 0 Å². The van der Waals surface area contributed by atoms with Crippen molar-refractivity contribution in [3.05, 3.63) is 0 Å². The molecule has 0 amide bonds. The Morgan fingerprint density at radius 3 is 2.43 bits per heavy atom. The predicted octanol–water partition coefficient (Wildman–Crippen LogP) is 2.33. The van der Waals surface area contributed by atoms with Crippen LogP contribution in [0.15, 0.2) is 0 Å². The SMILES string of the molecule is CCCCC([O])Br. The molecule has 0 aliphatic rings. The van der Waals surface area contributed by atoms with E-state index in [0.717, 1.165) is 19.3 Å². The van der Waals surface area contributed by atoms with Crippen LogP contribution in [0.2, 0.25) is 0 Å². The fourth-order valence-corrected chi connectivity index (χ4v) is 0.688. The van der Waals surface area contributed by atoms with Crippen LogP contribution in [0.4, 0.5) is 0 Å². The number of hydrogen-bond donors (Lipinski definition) is 0. The Bertz CT molecular complexity index is 37.1. The molecule has 1 atom stereocenters. The minimum absolute atomic E-state index is 0.535. The third-order valence-corrected chi connectivity index (χ3v) is 1.24. The summed E-state index contributed by atoms with van der Waals surface area (Å²) in [5, 5.41) is 9.67. The first-order valence-electron chi connectivity index (χ1n) is 2.57. The zero-order valence-corrected chi connectivity index (χ0v) is 6.07. The molecule has 7 heavy (non-hydrogen) atoms. The summed E-state index contributed by atoms with van der Waals surface area (Å²) in [6.45, 7) is 2.08. The van der Waals surface area contributed by atoms with Crippen molar-refractivity contribution in [1.82, 2.24) is 0 Å². The number of halogens is 1. The standard InChI is InChI=1S/C5H10BrO/c1-2-3-4-5(6)7/h5H,2-4H2,1H3. The van der Waals surface area contributed by atoms with Gasteiger partial charge in [0, 0.05) is 0 Å². The van der Waals surface area contributed by atoms with Crippen LogP contribution in [0.5, 0.6) is 0 Å². The smallest absolute Gasteiger partial charge is 0.147 e. The Labute approximate surface area is 52.9 Å². The molecule has 1 nitrogen and oxygen atoms in total. The first-order valence-corrected chi connectivity index (χ1v) is 3.48. The van der Waals surface area contributed by atoms with Gasteiger partial charge in [-0.3, -0.25) is 0 Å². The first-order chi connectivity index (χ1) is 3.27. The molecular formula is C5H10BrO. The molecule has 0 saturated heterocycles. The predicted molar refractivity (Wildman–Crippen MR) is 32.9 cm³/mol. The van der Waals surface area contributed by atoms with Gasteiger partial charge in [0.05, 0.1) is 0 Å². The third-order valence-electron chi connectivity index (χ3n) is 0.785. The highest BCUT2D eigenvalue weighted by Gasteiger charge is 1.95. The van der Waals surface area contributed by atoms with Crippen molar-refractivity contribution in [2.24, 2.45) is 0 Å². The maximum atomic E-state index is 10.2. The molecule has 43 valence electrons. The molecule has 0 rings (SSSR count). The second kappa shape index (κ2) is 4.60. The lowest BCUT2D eigenvalue weighted by molar-refractivity contribution is 0.161. The van der Waals surface area contributed by atoms with E-state index in [1.54, 1.807) is 0 Å². The van der Waals surface area contributed by atoms with Crippen molar-refractivity contribution in [2.75, 3.05) is 0 Å². The molecule has 0 bridgehead atoms. The van der Waals surface area contributed by atoms with Gasteiger partial charge in [0.2, 0.25) is 0 Å². The van der Waals surface area contributed by atoms with E-state index in [2.05, 4.69) is 22.9 Å². The van der Waals surface area contributed by atoms with Gasteiger partial charge in [-0.1, -0.05) is 35.7 Å². The minimum Gasteiger partial charge on any atom is -0.221 e. The van der Waals surface area contributed by atoms with Crippen LogP contribution in [0.25, 0.3) is 0 Å². The zero-order valence-electron chi connectivity index (χ0n) is 4.48. The van der Waals surface area contributed by atoms with Gasteiger partial charge in [0.25, 0.3) is 0 Å². The van der Waals surface area contributed by atoms with Crippen LogP contribution < -0.4 is 0 Å². The van der Waals surface area contributed by atoms with E-state index in [9.17, 15) is 5.11 Å². The van der Waals surface area contributed by atoms with Crippen LogP contribution in [0.3, 0.4) is 0 Å². The average Bonchev–Trinajstić information content (AvgIpc) is 1.61. The highest BCUT2D eigenvalue weighted by molar-refractivity contribution is 9.09. The number of rotatable bonds is 3. The lowest BCUT2D eigenvalue weighted by atomic mass is 10.3. The second-order valence-corrected chi connectivity index (χ2v) is 2.57. The second-order valence-electron chi connectivity index (χ2n) is 1.55. The lowest BCUT2D eigenvalue weighted by Crippen LogP contribution is -1.89. The highest BCUT2D eigenvalue weighted by atomic mass is 79.9. The molecule has 0 saturated carbocycles. The van der Waals surface area contributed by atoms with Gasteiger partial charge >= 0.3 is 0 Å². The average molecular weight is 166 g/mol. The lowest BCUT2D eigenvalue weighted by Gasteiger charge is -1.93.